The maximum Gasteiger partial charge on any atom is 0.305 e. The fourth-order valence-electron chi connectivity index (χ4n) is 11.6. The van der Waals surface area contributed by atoms with E-state index in [0.29, 0.717) is 19.4 Å². The highest BCUT2D eigenvalue weighted by molar-refractivity contribution is 5.76. The van der Waals surface area contributed by atoms with Gasteiger partial charge in [-0.25, -0.2) is 0 Å². The van der Waals surface area contributed by atoms with Crippen molar-refractivity contribution in [1.29, 1.82) is 0 Å². The molecule has 0 radical (unpaired) electrons. The highest BCUT2D eigenvalue weighted by atomic mass is 16.5. The van der Waals surface area contributed by atoms with E-state index in [0.717, 1.165) is 38.5 Å². The number of hydrogen-bond donors (Lipinski definition) is 3. The Labute approximate surface area is 489 Å². The Hall–Kier alpha value is -1.40. The van der Waals surface area contributed by atoms with Gasteiger partial charge in [0.25, 0.3) is 0 Å². The Morgan fingerprint density at radius 2 is 0.590 bits per heavy atom. The van der Waals surface area contributed by atoms with E-state index in [9.17, 15) is 19.8 Å². The van der Waals surface area contributed by atoms with Crippen LogP contribution in [0.4, 0.5) is 0 Å². The third-order valence-corrected chi connectivity index (χ3v) is 17.1. The second kappa shape index (κ2) is 68.1. The Kier molecular flexibility index (Phi) is 66.9. The molecule has 0 aliphatic rings. The highest BCUT2D eigenvalue weighted by Crippen LogP contribution is 2.19. The Morgan fingerprint density at radius 1 is 0.346 bits per heavy atom. The summed E-state index contributed by atoms with van der Waals surface area (Å²) in [5.41, 5.74) is 0. The van der Waals surface area contributed by atoms with E-state index in [1.807, 2.05) is 6.08 Å². The van der Waals surface area contributed by atoms with Crippen LogP contribution in [0.5, 0.6) is 0 Å². The van der Waals surface area contributed by atoms with Crippen molar-refractivity contribution in [3.8, 4) is 0 Å². The first-order chi connectivity index (χ1) is 38.5. The van der Waals surface area contributed by atoms with Gasteiger partial charge in [0, 0.05) is 12.8 Å². The molecular weight excluding hydrogens is 959 g/mol. The molecule has 464 valence electrons. The molecule has 0 heterocycles. The number of amides is 1. The molecule has 0 aliphatic heterocycles. The van der Waals surface area contributed by atoms with Crippen molar-refractivity contribution >= 4 is 11.9 Å². The zero-order chi connectivity index (χ0) is 56.4. The summed E-state index contributed by atoms with van der Waals surface area (Å²) in [5.74, 6) is -0.0436. The Balaban J connectivity index is 3.38. The number of carbonyl (C=O) groups excluding carboxylic acids is 2. The van der Waals surface area contributed by atoms with Gasteiger partial charge >= 0.3 is 5.97 Å². The number of allylic oxidation sites excluding steroid dienone is 1. The van der Waals surface area contributed by atoms with E-state index in [1.165, 1.54) is 347 Å². The summed E-state index contributed by atoms with van der Waals surface area (Å²) in [4.78, 5) is 24.6. The lowest BCUT2D eigenvalue weighted by molar-refractivity contribution is -0.143. The predicted molar refractivity (Wildman–Crippen MR) is 343 cm³/mol. The number of nitrogens with one attached hydrogen (secondary N) is 1. The number of aliphatic hydroxyl groups excluding tert-OH is 2. The van der Waals surface area contributed by atoms with Crippen LogP contribution in [0.3, 0.4) is 0 Å². The molecule has 0 aromatic carbocycles. The second-order valence-corrected chi connectivity index (χ2v) is 24.9. The third kappa shape index (κ3) is 63.8. The first-order valence-electron chi connectivity index (χ1n) is 36.0. The number of ether oxygens (including phenoxy) is 1. The summed E-state index contributed by atoms with van der Waals surface area (Å²) in [5, 5.41) is 23.3. The van der Waals surface area contributed by atoms with Gasteiger partial charge in [0.15, 0.2) is 0 Å². The van der Waals surface area contributed by atoms with E-state index in [2.05, 4.69) is 19.2 Å². The lowest BCUT2D eigenvalue weighted by Gasteiger charge is -2.20. The fraction of sp³-hybridized carbons (Fsp3) is 0.944. The smallest absolute Gasteiger partial charge is 0.305 e. The van der Waals surface area contributed by atoms with Crippen LogP contribution in [-0.2, 0) is 14.3 Å². The van der Waals surface area contributed by atoms with Crippen molar-refractivity contribution in [2.24, 2.45) is 0 Å². The molecular formula is C72H141NO5. The minimum Gasteiger partial charge on any atom is -0.466 e. The number of unbranched alkanes of at least 4 members (excludes halogenated alkanes) is 57. The van der Waals surface area contributed by atoms with E-state index in [1.54, 1.807) is 6.08 Å². The number of carbonyl (C=O) groups is 2. The number of rotatable bonds is 68. The molecule has 0 bridgehead atoms. The van der Waals surface area contributed by atoms with Crippen LogP contribution in [0, 0.1) is 0 Å². The molecule has 6 heteroatoms. The summed E-state index contributed by atoms with van der Waals surface area (Å²) in [7, 11) is 0. The average Bonchev–Trinajstić information content (AvgIpc) is 3.44. The molecule has 0 aromatic heterocycles. The minimum absolute atomic E-state index is 0.0191. The zero-order valence-electron chi connectivity index (χ0n) is 53.2. The first kappa shape index (κ1) is 76.6. The van der Waals surface area contributed by atoms with Gasteiger partial charge in [-0.3, -0.25) is 9.59 Å². The van der Waals surface area contributed by atoms with Crippen LogP contribution >= 0.6 is 0 Å². The molecule has 0 saturated heterocycles. The average molecular weight is 1100 g/mol. The molecule has 0 fully saturated rings. The fourth-order valence-corrected chi connectivity index (χ4v) is 11.6. The molecule has 6 nitrogen and oxygen atoms in total. The Morgan fingerprint density at radius 3 is 0.872 bits per heavy atom. The molecule has 0 rings (SSSR count). The van der Waals surface area contributed by atoms with E-state index in [-0.39, 0.29) is 18.5 Å². The van der Waals surface area contributed by atoms with Gasteiger partial charge in [0.05, 0.1) is 25.4 Å². The topological polar surface area (TPSA) is 95.9 Å². The van der Waals surface area contributed by atoms with Gasteiger partial charge in [-0.05, 0) is 32.1 Å². The highest BCUT2D eigenvalue weighted by Gasteiger charge is 2.18. The monoisotopic (exact) mass is 1100 g/mol. The van der Waals surface area contributed by atoms with Gasteiger partial charge in [0.2, 0.25) is 5.91 Å². The van der Waals surface area contributed by atoms with Crippen molar-refractivity contribution in [3.05, 3.63) is 12.2 Å². The van der Waals surface area contributed by atoms with Crippen LogP contribution in [0.15, 0.2) is 12.2 Å². The molecule has 2 unspecified atom stereocenters. The number of esters is 1. The number of hydrogen-bond acceptors (Lipinski definition) is 5. The third-order valence-electron chi connectivity index (χ3n) is 17.1. The lowest BCUT2D eigenvalue weighted by atomic mass is 10.0. The van der Waals surface area contributed by atoms with Gasteiger partial charge < -0.3 is 20.3 Å². The summed E-state index contributed by atoms with van der Waals surface area (Å²) >= 11 is 0. The quantitative estimate of drug-likeness (QED) is 0.0320. The molecule has 1 amide bonds. The molecule has 0 spiro atoms. The molecule has 0 aromatic rings. The minimum atomic E-state index is -0.844. The predicted octanol–water partition coefficient (Wildman–Crippen LogP) is 23.1. The van der Waals surface area contributed by atoms with Gasteiger partial charge in [0.1, 0.15) is 0 Å². The van der Waals surface area contributed by atoms with Crippen LogP contribution in [-0.4, -0.2) is 47.4 Å². The molecule has 0 aliphatic carbocycles. The molecule has 3 N–H and O–H groups in total. The maximum absolute atomic E-state index is 12.5. The van der Waals surface area contributed by atoms with Gasteiger partial charge in [-0.15, -0.1) is 0 Å². The zero-order valence-corrected chi connectivity index (χ0v) is 53.2. The molecule has 0 saturated carbocycles. The van der Waals surface area contributed by atoms with Crippen molar-refractivity contribution in [1.82, 2.24) is 5.32 Å². The van der Waals surface area contributed by atoms with Crippen LogP contribution in [0.1, 0.15) is 412 Å². The van der Waals surface area contributed by atoms with Crippen molar-refractivity contribution in [3.63, 3.8) is 0 Å². The number of aliphatic hydroxyl groups is 2. The maximum atomic E-state index is 12.5. The van der Waals surface area contributed by atoms with Crippen LogP contribution in [0.2, 0.25) is 0 Å². The van der Waals surface area contributed by atoms with E-state index in [4.69, 9.17) is 4.74 Å². The van der Waals surface area contributed by atoms with Crippen LogP contribution in [0.25, 0.3) is 0 Å². The summed E-state index contributed by atoms with van der Waals surface area (Å²) in [6.07, 6.45) is 84.3. The SMILES string of the molecule is CCCCCCCCCCCCCCCCCCCCC/C=C/C(O)C(CO)NC(=O)CCCCCCCCCCCCCCCCCCCCCCCCCOC(=O)CCCCCCCCCCCCCCCCCCC. The standard InChI is InChI=1S/C72H141NO5/c1-3-5-7-9-11-13-15-17-19-21-22-26-29-33-36-40-44-48-52-56-60-64-70(75)69(68-74)73-71(76)65-61-57-53-49-45-41-37-34-30-27-24-23-25-28-31-35-39-43-47-51-55-59-63-67-78-72(77)66-62-58-54-50-46-42-38-32-20-18-16-14-12-10-8-6-4-2/h60,64,69-70,74-75H,3-59,61-63,65-68H2,1-2H3,(H,73,76)/b64-60+. The van der Waals surface area contributed by atoms with E-state index >= 15 is 0 Å². The van der Waals surface area contributed by atoms with Crippen molar-refractivity contribution in [2.45, 2.75) is 424 Å². The van der Waals surface area contributed by atoms with Crippen molar-refractivity contribution in [2.75, 3.05) is 13.2 Å². The van der Waals surface area contributed by atoms with Gasteiger partial charge in [-0.1, -0.05) is 379 Å². The normalized spacial score (nSPS) is 12.5. The molecule has 2 atom stereocenters. The summed E-state index contributed by atoms with van der Waals surface area (Å²) < 4.78 is 5.51. The van der Waals surface area contributed by atoms with Gasteiger partial charge in [-0.2, -0.15) is 0 Å². The summed E-state index contributed by atoms with van der Waals surface area (Å²) in [6.45, 7) is 4.96. The Bertz CT molecular complexity index is 1180. The van der Waals surface area contributed by atoms with Crippen molar-refractivity contribution < 1.29 is 24.5 Å². The molecule has 78 heavy (non-hydrogen) atoms. The van der Waals surface area contributed by atoms with E-state index < -0.39 is 12.1 Å². The lowest BCUT2D eigenvalue weighted by Crippen LogP contribution is -2.45. The largest absolute Gasteiger partial charge is 0.466 e. The van der Waals surface area contributed by atoms with Crippen LogP contribution < -0.4 is 5.32 Å². The first-order valence-corrected chi connectivity index (χ1v) is 36.0. The summed E-state index contributed by atoms with van der Waals surface area (Å²) in [6, 6.07) is -0.628. The second-order valence-electron chi connectivity index (χ2n) is 24.9.